The predicted molar refractivity (Wildman–Crippen MR) is 105 cm³/mol. The van der Waals surface area contributed by atoms with Crippen molar-refractivity contribution < 1.29 is 27.9 Å². The Bertz CT molecular complexity index is 1080. The van der Waals surface area contributed by atoms with E-state index in [2.05, 4.69) is 5.32 Å². The van der Waals surface area contributed by atoms with Gasteiger partial charge in [-0.3, -0.25) is 9.36 Å². The van der Waals surface area contributed by atoms with Crippen molar-refractivity contribution in [3.63, 3.8) is 0 Å². The lowest BCUT2D eigenvalue weighted by atomic mass is 10.1. The maximum absolute atomic E-state index is 13.2. The van der Waals surface area contributed by atoms with E-state index in [9.17, 15) is 27.9 Å². The van der Waals surface area contributed by atoms with Crippen molar-refractivity contribution >= 4 is 46.5 Å². The van der Waals surface area contributed by atoms with E-state index < -0.39 is 30.8 Å². The summed E-state index contributed by atoms with van der Waals surface area (Å²) in [5.74, 6) is -2.83. The molecule has 0 saturated carbocycles. The Morgan fingerprint density at radius 2 is 1.93 bits per heavy atom. The fraction of sp³-hybridized carbons (Fsp3) is 0.167. The molecule has 28 heavy (non-hydrogen) atoms. The standard InChI is InChI=1S/C18H15ClF2NO4PS/c19-11-2-4-16-12(8-11)13(9-28-16)17(27(24,25)26)18(23)22-6-5-10-1-3-14(20)15(21)7-10/h1-4,7-9,17H,5-6H2,(H,22,23)(H2,24,25,26). The van der Waals surface area contributed by atoms with Crippen molar-refractivity contribution in [1.29, 1.82) is 0 Å². The second kappa shape index (κ2) is 8.27. The van der Waals surface area contributed by atoms with Gasteiger partial charge < -0.3 is 15.1 Å². The number of carbonyl (C=O) groups is 1. The number of fused-ring (bicyclic) bond motifs is 1. The van der Waals surface area contributed by atoms with Crippen molar-refractivity contribution in [3.05, 3.63) is 69.6 Å². The van der Waals surface area contributed by atoms with Gasteiger partial charge in [-0.2, -0.15) is 0 Å². The lowest BCUT2D eigenvalue weighted by Crippen LogP contribution is -2.31. The Balaban J connectivity index is 1.79. The first-order valence-corrected chi connectivity index (χ1v) is 11.0. The summed E-state index contributed by atoms with van der Waals surface area (Å²) in [6, 6.07) is 8.28. The summed E-state index contributed by atoms with van der Waals surface area (Å²) in [5, 5.41) is 4.88. The van der Waals surface area contributed by atoms with Gasteiger partial charge in [0.25, 0.3) is 0 Å². The molecule has 5 nitrogen and oxygen atoms in total. The number of halogens is 3. The van der Waals surface area contributed by atoms with Gasteiger partial charge in [0.1, 0.15) is 0 Å². The molecule has 148 valence electrons. The summed E-state index contributed by atoms with van der Waals surface area (Å²) in [6.45, 7) is 0.00321. The van der Waals surface area contributed by atoms with Crippen LogP contribution in [-0.4, -0.2) is 22.2 Å². The van der Waals surface area contributed by atoms with Crippen LogP contribution in [0.5, 0.6) is 0 Å². The summed E-state index contributed by atoms with van der Waals surface area (Å²) in [6.07, 6.45) is 0.174. The first-order chi connectivity index (χ1) is 13.2. The highest BCUT2D eigenvalue weighted by Crippen LogP contribution is 2.54. The number of carbonyl (C=O) groups excluding carboxylic acids is 1. The predicted octanol–water partition coefficient (Wildman–Crippen LogP) is 4.41. The summed E-state index contributed by atoms with van der Waals surface area (Å²) < 4.78 is 39.0. The smallest absolute Gasteiger partial charge is 0.342 e. The first kappa shape index (κ1) is 20.9. The molecule has 3 N–H and O–H groups in total. The Morgan fingerprint density at radius 1 is 1.18 bits per heavy atom. The van der Waals surface area contributed by atoms with Crippen LogP contribution in [-0.2, 0) is 15.8 Å². The summed E-state index contributed by atoms with van der Waals surface area (Å²) in [7, 11) is -4.82. The fourth-order valence-corrected chi connectivity index (χ4v) is 5.04. The van der Waals surface area contributed by atoms with Crippen molar-refractivity contribution in [1.82, 2.24) is 5.32 Å². The van der Waals surface area contributed by atoms with E-state index in [0.717, 1.165) is 16.8 Å². The Morgan fingerprint density at radius 3 is 2.61 bits per heavy atom. The topological polar surface area (TPSA) is 86.6 Å². The zero-order valence-corrected chi connectivity index (χ0v) is 16.7. The minimum Gasteiger partial charge on any atom is -0.355 e. The molecule has 1 aromatic heterocycles. The van der Waals surface area contributed by atoms with Crippen LogP contribution in [0, 0.1) is 11.6 Å². The molecule has 0 aliphatic heterocycles. The maximum Gasteiger partial charge on any atom is 0.342 e. The zero-order chi connectivity index (χ0) is 20.5. The van der Waals surface area contributed by atoms with E-state index in [4.69, 9.17) is 11.6 Å². The zero-order valence-electron chi connectivity index (χ0n) is 14.2. The molecule has 1 heterocycles. The molecule has 1 amide bonds. The Hall–Kier alpha value is -1.83. The molecule has 1 atom stereocenters. The van der Waals surface area contributed by atoms with Crippen LogP contribution in [0.1, 0.15) is 16.8 Å². The summed E-state index contributed by atoms with van der Waals surface area (Å²) in [5.41, 5.74) is -1.05. The van der Waals surface area contributed by atoms with Crippen LogP contribution in [0.4, 0.5) is 8.78 Å². The van der Waals surface area contributed by atoms with E-state index in [1.807, 2.05) is 0 Å². The number of nitrogens with one attached hydrogen (secondary N) is 1. The lowest BCUT2D eigenvalue weighted by molar-refractivity contribution is -0.121. The monoisotopic (exact) mass is 445 g/mol. The van der Waals surface area contributed by atoms with Gasteiger partial charge in [0.05, 0.1) is 0 Å². The Labute approximate surface area is 168 Å². The van der Waals surface area contributed by atoms with Crippen LogP contribution in [0.25, 0.3) is 10.1 Å². The minimum absolute atomic E-state index is 0.00321. The third-order valence-corrected chi connectivity index (χ3v) is 6.54. The molecule has 0 aliphatic rings. The van der Waals surface area contributed by atoms with Gasteiger partial charge in [-0.05, 0) is 58.6 Å². The number of amides is 1. The molecule has 3 rings (SSSR count). The molecule has 0 fully saturated rings. The molecular formula is C18H15ClF2NO4PS. The van der Waals surface area contributed by atoms with Gasteiger partial charge in [-0.15, -0.1) is 11.3 Å². The molecule has 0 spiro atoms. The van der Waals surface area contributed by atoms with Crippen molar-refractivity contribution in [2.24, 2.45) is 0 Å². The van der Waals surface area contributed by atoms with E-state index in [1.165, 1.54) is 22.8 Å². The van der Waals surface area contributed by atoms with Crippen LogP contribution in [0.15, 0.2) is 41.8 Å². The summed E-state index contributed by atoms with van der Waals surface area (Å²) >= 11 is 7.22. The van der Waals surface area contributed by atoms with Crippen molar-refractivity contribution in [2.45, 2.75) is 12.1 Å². The lowest BCUT2D eigenvalue weighted by Gasteiger charge is -2.18. The molecule has 2 aromatic carbocycles. The molecule has 0 radical (unpaired) electrons. The quantitative estimate of drug-likeness (QED) is 0.490. The molecule has 0 saturated heterocycles. The minimum atomic E-state index is -4.82. The average Bonchev–Trinajstić information content (AvgIpc) is 3.00. The first-order valence-electron chi connectivity index (χ1n) is 8.10. The number of hydrogen-bond donors (Lipinski definition) is 3. The molecule has 10 heteroatoms. The number of rotatable bonds is 6. The van der Waals surface area contributed by atoms with Crippen LogP contribution >= 0.6 is 30.5 Å². The van der Waals surface area contributed by atoms with Crippen LogP contribution < -0.4 is 5.32 Å². The normalized spacial score (nSPS) is 12.9. The molecule has 1 unspecified atom stereocenters. The van der Waals surface area contributed by atoms with E-state index in [1.54, 1.807) is 18.2 Å². The van der Waals surface area contributed by atoms with Gasteiger partial charge in [0.2, 0.25) is 5.91 Å². The van der Waals surface area contributed by atoms with Gasteiger partial charge in [-0.25, -0.2) is 8.78 Å². The van der Waals surface area contributed by atoms with Gasteiger partial charge in [-0.1, -0.05) is 17.7 Å². The number of hydrogen-bond acceptors (Lipinski definition) is 3. The van der Waals surface area contributed by atoms with Crippen LogP contribution in [0.3, 0.4) is 0 Å². The molecule has 3 aromatic rings. The summed E-state index contributed by atoms with van der Waals surface area (Å²) in [4.78, 5) is 32.1. The second-order valence-corrected chi connectivity index (χ2v) is 9.15. The highest BCUT2D eigenvalue weighted by atomic mass is 35.5. The molecule has 0 aliphatic carbocycles. The van der Waals surface area contributed by atoms with E-state index in [-0.39, 0.29) is 18.5 Å². The fourth-order valence-electron chi connectivity index (χ4n) is 2.83. The Kier molecular flexibility index (Phi) is 6.17. The van der Waals surface area contributed by atoms with Gasteiger partial charge in [0.15, 0.2) is 17.3 Å². The van der Waals surface area contributed by atoms with Gasteiger partial charge in [0, 0.05) is 16.3 Å². The third-order valence-electron chi connectivity index (χ3n) is 4.14. The highest BCUT2D eigenvalue weighted by molar-refractivity contribution is 7.53. The number of benzene rings is 2. The van der Waals surface area contributed by atoms with E-state index in [0.29, 0.717) is 16.0 Å². The second-order valence-electron chi connectivity index (χ2n) is 6.11. The van der Waals surface area contributed by atoms with E-state index >= 15 is 0 Å². The SMILES string of the molecule is O=C(NCCc1ccc(F)c(F)c1)C(c1csc2ccc(Cl)cc12)P(=O)(O)O. The highest BCUT2D eigenvalue weighted by Gasteiger charge is 2.38. The largest absolute Gasteiger partial charge is 0.355 e. The third kappa shape index (κ3) is 4.59. The average molecular weight is 446 g/mol. The number of thiophene rings is 1. The molecular weight excluding hydrogens is 431 g/mol. The van der Waals surface area contributed by atoms with Crippen LogP contribution in [0.2, 0.25) is 5.02 Å². The van der Waals surface area contributed by atoms with Crippen molar-refractivity contribution in [3.8, 4) is 0 Å². The van der Waals surface area contributed by atoms with Crippen molar-refractivity contribution in [2.75, 3.05) is 6.54 Å². The van der Waals surface area contributed by atoms with Gasteiger partial charge >= 0.3 is 7.60 Å². The maximum atomic E-state index is 13.2. The molecule has 0 bridgehead atoms.